The first-order chi connectivity index (χ1) is 10.0. The number of aromatic nitrogens is 4. The molecule has 7 nitrogen and oxygen atoms in total. The van der Waals surface area contributed by atoms with Crippen molar-refractivity contribution in [2.75, 3.05) is 5.32 Å². The van der Waals surface area contributed by atoms with Gasteiger partial charge in [0.15, 0.2) is 11.2 Å². The van der Waals surface area contributed by atoms with Gasteiger partial charge in [-0.2, -0.15) is 4.98 Å². The van der Waals surface area contributed by atoms with Crippen molar-refractivity contribution in [2.45, 2.75) is 38.6 Å². The van der Waals surface area contributed by atoms with Gasteiger partial charge in [0.25, 0.3) is 5.56 Å². The van der Waals surface area contributed by atoms with Gasteiger partial charge in [0.2, 0.25) is 5.95 Å². The lowest BCUT2D eigenvalue weighted by Crippen LogP contribution is -2.36. The Morgan fingerprint density at radius 2 is 2.05 bits per heavy atom. The molecule has 1 fully saturated rings. The predicted molar refractivity (Wildman–Crippen MR) is 81.6 cm³/mol. The number of aryl methyl sites for hydroxylation is 1. The summed E-state index contributed by atoms with van der Waals surface area (Å²) in [4.78, 5) is 31.4. The first-order valence-corrected chi connectivity index (χ1v) is 7.43. The molecule has 2 heterocycles. The zero-order valence-corrected chi connectivity index (χ0v) is 12.6. The molecule has 0 aliphatic heterocycles. The summed E-state index contributed by atoms with van der Waals surface area (Å²) in [5.74, 6) is 1.39. The molecule has 1 saturated carbocycles. The molecule has 2 aromatic heterocycles. The highest BCUT2D eigenvalue weighted by atomic mass is 16.2. The molecule has 1 aliphatic carbocycles. The molecule has 1 unspecified atom stereocenters. The highest BCUT2D eigenvalue weighted by Gasteiger charge is 2.25. The number of nitrogens with zero attached hydrogens (tertiary/aromatic N) is 3. The third-order valence-electron chi connectivity index (χ3n) is 4.24. The normalized spacial score (nSPS) is 16.3. The van der Waals surface area contributed by atoms with Gasteiger partial charge in [-0.05, 0) is 18.8 Å². The van der Waals surface area contributed by atoms with E-state index >= 15 is 0 Å². The summed E-state index contributed by atoms with van der Waals surface area (Å²) >= 11 is 0. The second kappa shape index (κ2) is 5.05. The summed E-state index contributed by atoms with van der Waals surface area (Å²) in [6, 6.07) is 0.346. The summed E-state index contributed by atoms with van der Waals surface area (Å²) in [7, 11) is 3.09. The second-order valence-corrected chi connectivity index (χ2v) is 5.92. The summed E-state index contributed by atoms with van der Waals surface area (Å²) in [5.41, 5.74) is 0.0507. The summed E-state index contributed by atoms with van der Waals surface area (Å²) in [5, 5.41) is 3.35. The topological polar surface area (TPSA) is 84.7 Å². The maximum absolute atomic E-state index is 12.1. The van der Waals surface area contributed by atoms with Gasteiger partial charge in [0, 0.05) is 20.1 Å². The van der Waals surface area contributed by atoms with Gasteiger partial charge >= 0.3 is 5.69 Å². The molecule has 1 aliphatic rings. The van der Waals surface area contributed by atoms with Gasteiger partial charge in [0.05, 0.1) is 0 Å². The van der Waals surface area contributed by atoms with Crippen LogP contribution in [0.5, 0.6) is 0 Å². The van der Waals surface area contributed by atoms with Crippen LogP contribution >= 0.6 is 0 Å². The molecule has 0 aromatic carbocycles. The minimum atomic E-state index is -0.365. The Labute approximate surface area is 122 Å². The van der Waals surface area contributed by atoms with Gasteiger partial charge in [-0.1, -0.05) is 19.8 Å². The largest absolute Gasteiger partial charge is 0.353 e. The Bertz CT molecular complexity index is 781. The minimum Gasteiger partial charge on any atom is -0.353 e. The lowest BCUT2D eigenvalue weighted by molar-refractivity contribution is 0.584. The van der Waals surface area contributed by atoms with Crippen LogP contribution in [0.3, 0.4) is 0 Å². The van der Waals surface area contributed by atoms with Gasteiger partial charge < -0.3 is 10.3 Å². The molecule has 0 bridgehead atoms. The lowest BCUT2D eigenvalue weighted by Gasteiger charge is -2.15. The Hall–Kier alpha value is -2.05. The summed E-state index contributed by atoms with van der Waals surface area (Å²) in [6.45, 7) is 2.14. The number of anilines is 1. The molecule has 7 heteroatoms. The van der Waals surface area contributed by atoms with Crippen molar-refractivity contribution in [3.05, 3.63) is 20.8 Å². The molecule has 0 amide bonds. The average molecular weight is 291 g/mol. The Morgan fingerprint density at radius 3 is 2.67 bits per heavy atom. The Balaban J connectivity index is 1.97. The fourth-order valence-corrected chi connectivity index (χ4v) is 2.67. The van der Waals surface area contributed by atoms with E-state index in [0.717, 1.165) is 23.3 Å². The molecule has 0 saturated heterocycles. The van der Waals surface area contributed by atoms with Crippen LogP contribution < -0.4 is 16.6 Å². The summed E-state index contributed by atoms with van der Waals surface area (Å²) in [6.07, 6.45) is 4.76. The van der Waals surface area contributed by atoms with E-state index in [0.29, 0.717) is 23.2 Å². The van der Waals surface area contributed by atoms with Crippen LogP contribution in [0.1, 0.15) is 32.6 Å². The molecule has 2 aromatic rings. The molecular formula is C14H21N5O2. The van der Waals surface area contributed by atoms with Crippen LogP contribution in [0.15, 0.2) is 9.59 Å². The second-order valence-electron chi connectivity index (χ2n) is 5.92. The maximum atomic E-state index is 12.1. The quantitative estimate of drug-likeness (QED) is 0.859. The SMILES string of the molecule is CCC(CC1CC1)Nc1nc2c([nH]1)c(=O)n(C)c(=O)n2C. The van der Waals surface area contributed by atoms with Crippen molar-refractivity contribution in [1.29, 1.82) is 0 Å². The molecule has 1 atom stereocenters. The van der Waals surface area contributed by atoms with Crippen LogP contribution in [0.25, 0.3) is 11.2 Å². The number of imidazole rings is 1. The van der Waals surface area contributed by atoms with Crippen LogP contribution in [0, 0.1) is 5.92 Å². The summed E-state index contributed by atoms with van der Waals surface area (Å²) < 4.78 is 2.48. The van der Waals surface area contributed by atoms with E-state index in [-0.39, 0.29) is 11.2 Å². The van der Waals surface area contributed by atoms with E-state index in [1.54, 1.807) is 7.05 Å². The zero-order valence-electron chi connectivity index (χ0n) is 12.6. The van der Waals surface area contributed by atoms with Crippen LogP contribution in [0.2, 0.25) is 0 Å². The van der Waals surface area contributed by atoms with Crippen molar-refractivity contribution >= 4 is 17.1 Å². The van der Waals surface area contributed by atoms with E-state index in [9.17, 15) is 9.59 Å². The fourth-order valence-electron chi connectivity index (χ4n) is 2.67. The predicted octanol–water partition coefficient (Wildman–Crippen LogP) is 0.951. The molecule has 114 valence electrons. The van der Waals surface area contributed by atoms with Crippen molar-refractivity contribution in [3.8, 4) is 0 Å². The molecule has 0 spiro atoms. The van der Waals surface area contributed by atoms with Crippen molar-refractivity contribution in [2.24, 2.45) is 20.0 Å². The number of hydrogen-bond acceptors (Lipinski definition) is 4. The van der Waals surface area contributed by atoms with E-state index in [1.165, 1.54) is 24.5 Å². The van der Waals surface area contributed by atoms with E-state index < -0.39 is 0 Å². The average Bonchev–Trinajstić information content (AvgIpc) is 3.19. The van der Waals surface area contributed by atoms with E-state index in [4.69, 9.17) is 0 Å². The first-order valence-electron chi connectivity index (χ1n) is 7.43. The van der Waals surface area contributed by atoms with Crippen LogP contribution in [-0.4, -0.2) is 25.1 Å². The number of fused-ring (bicyclic) bond motifs is 1. The molecular weight excluding hydrogens is 270 g/mol. The highest BCUT2D eigenvalue weighted by molar-refractivity contribution is 5.72. The number of rotatable bonds is 5. The smallest absolute Gasteiger partial charge is 0.332 e. The fraction of sp³-hybridized carbons (Fsp3) is 0.643. The van der Waals surface area contributed by atoms with Crippen molar-refractivity contribution < 1.29 is 0 Å². The van der Waals surface area contributed by atoms with Crippen LogP contribution in [0.4, 0.5) is 5.95 Å². The Kier molecular flexibility index (Phi) is 3.35. The molecule has 0 radical (unpaired) electrons. The van der Waals surface area contributed by atoms with Gasteiger partial charge in [-0.3, -0.25) is 13.9 Å². The van der Waals surface area contributed by atoms with Crippen molar-refractivity contribution in [3.63, 3.8) is 0 Å². The Morgan fingerprint density at radius 1 is 1.33 bits per heavy atom. The minimum absolute atomic E-state index is 0.344. The number of H-pyrrole nitrogens is 1. The highest BCUT2D eigenvalue weighted by Crippen LogP contribution is 2.34. The van der Waals surface area contributed by atoms with E-state index in [1.807, 2.05) is 0 Å². The number of aromatic amines is 1. The lowest BCUT2D eigenvalue weighted by atomic mass is 10.1. The van der Waals surface area contributed by atoms with Gasteiger partial charge in [-0.25, -0.2) is 4.79 Å². The molecule has 21 heavy (non-hydrogen) atoms. The number of nitrogens with one attached hydrogen (secondary N) is 2. The van der Waals surface area contributed by atoms with E-state index in [2.05, 4.69) is 22.2 Å². The standard InChI is InChI=1S/C14H21N5O2/c1-4-9(7-8-5-6-8)15-13-16-10-11(17-13)18(2)14(21)19(3)12(10)20/h8-9H,4-7H2,1-3H3,(H2,15,16,17). The first kappa shape index (κ1) is 13.9. The molecule has 3 rings (SSSR count). The molecule has 2 N–H and O–H groups in total. The number of hydrogen-bond donors (Lipinski definition) is 2. The monoisotopic (exact) mass is 291 g/mol. The van der Waals surface area contributed by atoms with Gasteiger partial charge in [-0.15, -0.1) is 0 Å². The van der Waals surface area contributed by atoms with Gasteiger partial charge in [0.1, 0.15) is 0 Å². The van der Waals surface area contributed by atoms with Crippen LogP contribution in [-0.2, 0) is 14.1 Å². The zero-order chi connectivity index (χ0) is 15.1. The third-order valence-corrected chi connectivity index (χ3v) is 4.24. The third kappa shape index (κ3) is 2.48. The maximum Gasteiger partial charge on any atom is 0.332 e. The van der Waals surface area contributed by atoms with Crippen molar-refractivity contribution in [1.82, 2.24) is 19.1 Å².